The van der Waals surface area contributed by atoms with Gasteiger partial charge in [-0.25, -0.2) is 0 Å². The molecular formula is C27H56O7Si2. The van der Waals surface area contributed by atoms with Crippen LogP contribution in [0.3, 0.4) is 0 Å². The lowest BCUT2D eigenvalue weighted by Crippen LogP contribution is -2.49. The maximum absolute atomic E-state index is 12.3. The molecule has 1 heterocycles. The summed E-state index contributed by atoms with van der Waals surface area (Å²) in [5.41, 5.74) is -0.601. The number of rotatable bonds is 11. The van der Waals surface area contributed by atoms with E-state index in [1.807, 2.05) is 20.8 Å². The molecule has 0 aromatic heterocycles. The Balaban J connectivity index is 3.12. The Kier molecular flexibility index (Phi) is 11.5. The summed E-state index contributed by atoms with van der Waals surface area (Å²) in [5.74, 6) is -0.579. The van der Waals surface area contributed by atoms with E-state index in [9.17, 15) is 9.90 Å². The fraction of sp³-hybridized carbons (Fsp3) is 0.963. The maximum atomic E-state index is 12.3. The van der Waals surface area contributed by atoms with Gasteiger partial charge in [0.2, 0.25) is 0 Å². The van der Waals surface area contributed by atoms with Crippen molar-refractivity contribution in [2.45, 2.75) is 129 Å². The average molecular weight is 549 g/mol. The highest BCUT2D eigenvalue weighted by atomic mass is 28.4. The highest BCUT2D eigenvalue weighted by Gasteiger charge is 2.48. The van der Waals surface area contributed by atoms with Gasteiger partial charge in [0.1, 0.15) is 6.61 Å². The summed E-state index contributed by atoms with van der Waals surface area (Å²) < 4.78 is 31.2. The Morgan fingerprint density at radius 3 is 1.86 bits per heavy atom. The minimum absolute atomic E-state index is 0.0523. The van der Waals surface area contributed by atoms with Crippen LogP contribution in [0, 0.1) is 11.3 Å². The van der Waals surface area contributed by atoms with E-state index >= 15 is 0 Å². The van der Waals surface area contributed by atoms with Crippen LogP contribution in [0.2, 0.25) is 36.3 Å². The zero-order chi connectivity index (χ0) is 28.3. The van der Waals surface area contributed by atoms with Crippen LogP contribution in [0.5, 0.6) is 0 Å². The van der Waals surface area contributed by atoms with Crippen LogP contribution in [0.4, 0.5) is 0 Å². The van der Waals surface area contributed by atoms with Gasteiger partial charge in [0.05, 0.1) is 43.0 Å². The summed E-state index contributed by atoms with van der Waals surface area (Å²) in [7, 11) is -2.43. The molecule has 9 heteroatoms. The van der Waals surface area contributed by atoms with E-state index in [4.69, 9.17) is 23.1 Å². The Morgan fingerprint density at radius 1 is 0.917 bits per heavy atom. The van der Waals surface area contributed by atoms with Gasteiger partial charge in [-0.1, -0.05) is 41.5 Å². The van der Waals surface area contributed by atoms with Crippen LogP contribution in [0.25, 0.3) is 0 Å². The maximum Gasteiger partial charge on any atom is 0.311 e. The molecule has 0 spiro atoms. The standard InChI is InChI=1S/C27H56O7Si2/c1-25(2,3)24(29)31-18-22-20(16-28)23(30-10)21(33-22)15-19(34-36(13,14)27(7,8)9)17-32-35(11,12)26(4,5)6/h19-23,28H,15-18H2,1-14H3/t19-,20+,21+,22-,23+/m0/s1. The van der Waals surface area contributed by atoms with Crippen LogP contribution in [-0.4, -0.2) is 79.1 Å². The third kappa shape index (κ3) is 8.88. The number of aliphatic hydroxyl groups is 1. The van der Waals surface area contributed by atoms with E-state index in [1.54, 1.807) is 7.11 Å². The first-order chi connectivity index (χ1) is 16.1. The first-order valence-electron chi connectivity index (χ1n) is 13.4. The van der Waals surface area contributed by atoms with Crippen LogP contribution in [0.15, 0.2) is 0 Å². The average Bonchev–Trinajstić information content (AvgIpc) is 3.03. The van der Waals surface area contributed by atoms with Crippen molar-refractivity contribution in [2.24, 2.45) is 11.3 Å². The Labute approximate surface area is 223 Å². The van der Waals surface area contributed by atoms with Gasteiger partial charge >= 0.3 is 5.97 Å². The fourth-order valence-electron chi connectivity index (χ4n) is 3.69. The second kappa shape index (κ2) is 12.3. The number of methoxy groups -OCH3 is 1. The van der Waals surface area contributed by atoms with Gasteiger partial charge in [0.25, 0.3) is 0 Å². The number of hydrogen-bond acceptors (Lipinski definition) is 7. The van der Waals surface area contributed by atoms with Crippen LogP contribution < -0.4 is 0 Å². The van der Waals surface area contributed by atoms with Gasteiger partial charge in [-0.3, -0.25) is 4.79 Å². The van der Waals surface area contributed by atoms with Crippen LogP contribution >= 0.6 is 0 Å². The highest BCUT2D eigenvalue weighted by Crippen LogP contribution is 2.41. The van der Waals surface area contributed by atoms with Gasteiger partial charge in [0, 0.05) is 19.4 Å². The number of carbonyl (C=O) groups is 1. The normalized spacial score (nSPS) is 25.2. The lowest BCUT2D eigenvalue weighted by molar-refractivity contribution is -0.158. The summed E-state index contributed by atoms with van der Waals surface area (Å²) in [4.78, 5) is 12.3. The third-order valence-electron chi connectivity index (χ3n) is 8.29. The van der Waals surface area contributed by atoms with Gasteiger partial charge in [-0.15, -0.1) is 0 Å². The van der Waals surface area contributed by atoms with Crippen molar-refractivity contribution in [1.29, 1.82) is 0 Å². The molecule has 0 bridgehead atoms. The van der Waals surface area contributed by atoms with E-state index in [1.165, 1.54) is 0 Å². The van der Waals surface area contributed by atoms with E-state index in [0.29, 0.717) is 13.0 Å². The summed E-state index contributed by atoms with van der Waals surface area (Å²) in [5, 5.41) is 10.3. The van der Waals surface area contributed by atoms with Gasteiger partial charge in [0.15, 0.2) is 16.6 Å². The minimum Gasteiger partial charge on any atom is -0.463 e. The molecule has 5 atom stereocenters. The summed E-state index contributed by atoms with van der Waals surface area (Å²) in [6.07, 6.45) is -0.654. The number of hydrogen-bond donors (Lipinski definition) is 1. The molecule has 0 aromatic carbocycles. The number of esters is 1. The summed E-state index contributed by atoms with van der Waals surface area (Å²) in [6.45, 7) is 28.3. The molecule has 0 saturated carbocycles. The van der Waals surface area contributed by atoms with Crippen LogP contribution in [0.1, 0.15) is 68.7 Å². The summed E-state index contributed by atoms with van der Waals surface area (Å²) in [6, 6.07) is 0. The number of aliphatic hydroxyl groups excluding tert-OH is 1. The molecule has 7 nitrogen and oxygen atoms in total. The van der Waals surface area contributed by atoms with Crippen LogP contribution in [-0.2, 0) is 27.9 Å². The molecule has 1 N–H and O–H groups in total. The van der Waals surface area contributed by atoms with Crippen molar-refractivity contribution >= 4 is 22.6 Å². The molecule has 1 saturated heterocycles. The number of carbonyl (C=O) groups excluding carboxylic acids is 1. The van der Waals surface area contributed by atoms with Gasteiger partial charge in [-0.2, -0.15) is 0 Å². The molecule has 0 unspecified atom stereocenters. The largest absolute Gasteiger partial charge is 0.463 e. The van der Waals surface area contributed by atoms with Crippen molar-refractivity contribution in [3.63, 3.8) is 0 Å². The third-order valence-corrected chi connectivity index (χ3v) is 17.3. The second-order valence-corrected chi connectivity index (χ2v) is 24.0. The predicted molar refractivity (Wildman–Crippen MR) is 150 cm³/mol. The Morgan fingerprint density at radius 2 is 1.44 bits per heavy atom. The Bertz CT molecular complexity index is 704. The number of ether oxygens (including phenoxy) is 3. The molecule has 0 aromatic rings. The van der Waals surface area contributed by atoms with E-state index in [2.05, 4.69) is 67.7 Å². The first kappa shape index (κ1) is 33.7. The molecule has 1 rings (SSSR count). The smallest absolute Gasteiger partial charge is 0.311 e. The quantitative estimate of drug-likeness (QED) is 0.259. The monoisotopic (exact) mass is 548 g/mol. The Hall–Kier alpha value is -0.296. The van der Waals surface area contributed by atoms with Crippen molar-refractivity contribution in [2.75, 3.05) is 26.9 Å². The molecular weight excluding hydrogens is 492 g/mol. The molecule has 0 aliphatic carbocycles. The first-order valence-corrected chi connectivity index (χ1v) is 19.2. The SMILES string of the molecule is CO[C@@H]1[C@H](CO)[C@H](COC(=O)C(C)(C)C)O[C@@H]1C[C@@H](CO[Si](C)(C)C(C)(C)C)O[Si](C)(C)C(C)(C)C. The van der Waals surface area contributed by atoms with Crippen molar-refractivity contribution in [3.05, 3.63) is 0 Å². The topological polar surface area (TPSA) is 83.5 Å². The molecule has 1 aliphatic heterocycles. The van der Waals surface area contributed by atoms with E-state index in [-0.39, 0.29) is 53.5 Å². The summed E-state index contributed by atoms with van der Waals surface area (Å²) >= 11 is 0. The molecule has 0 amide bonds. The van der Waals surface area contributed by atoms with Crippen molar-refractivity contribution in [3.8, 4) is 0 Å². The van der Waals surface area contributed by atoms with Gasteiger partial charge in [-0.05, 0) is 57.0 Å². The second-order valence-electron chi connectivity index (χ2n) is 14.4. The molecule has 214 valence electrons. The van der Waals surface area contributed by atoms with Crippen molar-refractivity contribution < 1.29 is 33.0 Å². The zero-order valence-electron chi connectivity index (χ0n) is 25.6. The lowest BCUT2D eigenvalue weighted by Gasteiger charge is -2.42. The molecule has 1 fully saturated rings. The van der Waals surface area contributed by atoms with E-state index < -0.39 is 28.2 Å². The molecule has 36 heavy (non-hydrogen) atoms. The zero-order valence-corrected chi connectivity index (χ0v) is 27.6. The molecule has 1 aliphatic rings. The predicted octanol–water partition coefficient (Wildman–Crippen LogP) is 5.77. The van der Waals surface area contributed by atoms with Crippen molar-refractivity contribution in [1.82, 2.24) is 0 Å². The van der Waals surface area contributed by atoms with E-state index in [0.717, 1.165) is 0 Å². The molecule has 0 radical (unpaired) electrons. The van der Waals surface area contributed by atoms with Gasteiger partial charge < -0.3 is 28.2 Å². The lowest BCUT2D eigenvalue weighted by atomic mass is 9.94. The fourth-order valence-corrected chi connectivity index (χ4v) is 6.07. The highest BCUT2D eigenvalue weighted by molar-refractivity contribution is 6.74. The minimum atomic E-state index is -2.09.